The van der Waals surface area contributed by atoms with Gasteiger partial charge in [-0.2, -0.15) is 0 Å². The van der Waals surface area contributed by atoms with Gasteiger partial charge >= 0.3 is 0 Å². The van der Waals surface area contributed by atoms with Crippen LogP contribution >= 0.6 is 11.3 Å². The summed E-state index contributed by atoms with van der Waals surface area (Å²) in [5.74, 6) is 0.00133. The Kier molecular flexibility index (Phi) is 5.76. The lowest BCUT2D eigenvalue weighted by Gasteiger charge is -2.33. The van der Waals surface area contributed by atoms with Crippen molar-refractivity contribution in [1.82, 2.24) is 10.2 Å². The average Bonchev–Trinajstić information content (AvgIpc) is 2.90. The van der Waals surface area contributed by atoms with Crippen LogP contribution in [0.4, 0.5) is 0 Å². The van der Waals surface area contributed by atoms with E-state index in [0.717, 1.165) is 23.3 Å². The summed E-state index contributed by atoms with van der Waals surface area (Å²) in [5, 5.41) is 4.81. The summed E-state index contributed by atoms with van der Waals surface area (Å²) in [5.41, 5.74) is 0.991. The number of hydrogen-bond donors (Lipinski definition) is 1. The minimum atomic E-state index is -0.0574. The van der Waals surface area contributed by atoms with Crippen LogP contribution in [0.2, 0.25) is 0 Å². The number of carbonyl (C=O) groups excluding carboxylic acids is 2. The molecule has 1 fully saturated rings. The standard InChI is InChI=1S/C15H22N2O3S/c1-11-5-10-21-14(11)15(19)16-6-7-17(12(2)18)13-3-8-20-9-4-13/h5,10,13H,3-4,6-9H2,1-2H3,(H,16,19). The molecule has 0 aliphatic carbocycles. The molecule has 1 N–H and O–H groups in total. The molecule has 1 aromatic heterocycles. The number of nitrogens with one attached hydrogen (secondary N) is 1. The Morgan fingerprint density at radius 3 is 2.71 bits per heavy atom. The lowest BCUT2D eigenvalue weighted by molar-refractivity contribution is -0.132. The van der Waals surface area contributed by atoms with Gasteiger partial charge in [0.05, 0.1) is 4.88 Å². The highest BCUT2D eigenvalue weighted by Crippen LogP contribution is 2.16. The second kappa shape index (κ2) is 7.56. The van der Waals surface area contributed by atoms with Crippen LogP contribution in [0.15, 0.2) is 11.4 Å². The highest BCUT2D eigenvalue weighted by molar-refractivity contribution is 7.12. The Hall–Kier alpha value is -1.40. The monoisotopic (exact) mass is 310 g/mol. The minimum Gasteiger partial charge on any atom is -0.381 e. The SMILES string of the molecule is CC(=O)N(CCNC(=O)c1sccc1C)C1CCOCC1. The molecule has 1 aliphatic rings. The Labute approximate surface area is 129 Å². The number of ether oxygens (including phenoxy) is 1. The molecule has 0 unspecified atom stereocenters. The van der Waals surface area contributed by atoms with Crippen molar-refractivity contribution in [3.63, 3.8) is 0 Å². The van der Waals surface area contributed by atoms with Crippen molar-refractivity contribution in [1.29, 1.82) is 0 Å². The number of nitrogens with zero attached hydrogens (tertiary/aromatic N) is 1. The zero-order chi connectivity index (χ0) is 15.2. The molecule has 2 amide bonds. The minimum absolute atomic E-state index is 0.0574. The molecule has 2 heterocycles. The van der Waals surface area contributed by atoms with Crippen LogP contribution in [0.25, 0.3) is 0 Å². The van der Waals surface area contributed by atoms with E-state index in [-0.39, 0.29) is 17.9 Å². The fourth-order valence-corrected chi connectivity index (χ4v) is 3.41. The summed E-state index contributed by atoms with van der Waals surface area (Å²) in [7, 11) is 0. The van der Waals surface area contributed by atoms with Gasteiger partial charge in [0, 0.05) is 39.3 Å². The second-order valence-electron chi connectivity index (χ2n) is 5.24. The lowest BCUT2D eigenvalue weighted by Crippen LogP contribution is -2.46. The first kappa shape index (κ1) is 16.0. The van der Waals surface area contributed by atoms with Crippen molar-refractivity contribution in [2.75, 3.05) is 26.3 Å². The average molecular weight is 310 g/mol. The first-order chi connectivity index (χ1) is 10.1. The van der Waals surface area contributed by atoms with E-state index in [0.29, 0.717) is 26.3 Å². The van der Waals surface area contributed by atoms with Gasteiger partial charge in [0.25, 0.3) is 5.91 Å². The van der Waals surface area contributed by atoms with Gasteiger partial charge in [0.1, 0.15) is 0 Å². The molecular weight excluding hydrogens is 288 g/mol. The number of amides is 2. The Balaban J connectivity index is 1.83. The van der Waals surface area contributed by atoms with Gasteiger partial charge in [-0.15, -0.1) is 11.3 Å². The molecule has 2 rings (SSSR count). The van der Waals surface area contributed by atoms with Crippen molar-refractivity contribution in [2.24, 2.45) is 0 Å². The summed E-state index contributed by atoms with van der Waals surface area (Å²) in [6.45, 7) is 5.95. The van der Waals surface area contributed by atoms with Crippen molar-refractivity contribution in [3.05, 3.63) is 21.9 Å². The number of rotatable bonds is 5. The van der Waals surface area contributed by atoms with Crippen LogP contribution in [0.3, 0.4) is 0 Å². The maximum absolute atomic E-state index is 12.0. The third-order valence-corrected chi connectivity index (χ3v) is 4.76. The zero-order valence-electron chi connectivity index (χ0n) is 12.6. The predicted octanol–water partition coefficient (Wildman–Crippen LogP) is 1.81. The molecule has 0 spiro atoms. The van der Waals surface area contributed by atoms with E-state index < -0.39 is 0 Å². The van der Waals surface area contributed by atoms with Crippen molar-refractivity contribution in [2.45, 2.75) is 32.7 Å². The van der Waals surface area contributed by atoms with E-state index in [1.54, 1.807) is 6.92 Å². The molecule has 0 atom stereocenters. The second-order valence-corrected chi connectivity index (χ2v) is 6.16. The van der Waals surface area contributed by atoms with Gasteiger partial charge in [-0.1, -0.05) is 0 Å². The maximum Gasteiger partial charge on any atom is 0.261 e. The van der Waals surface area contributed by atoms with E-state index >= 15 is 0 Å². The molecule has 21 heavy (non-hydrogen) atoms. The molecule has 116 valence electrons. The summed E-state index contributed by atoms with van der Waals surface area (Å²) < 4.78 is 5.33. The van der Waals surface area contributed by atoms with Crippen LogP contribution in [-0.2, 0) is 9.53 Å². The highest BCUT2D eigenvalue weighted by atomic mass is 32.1. The van der Waals surface area contributed by atoms with Gasteiger partial charge < -0.3 is 15.0 Å². The Bertz CT molecular complexity index is 495. The van der Waals surface area contributed by atoms with Crippen molar-refractivity contribution >= 4 is 23.2 Å². The van der Waals surface area contributed by atoms with Crippen LogP contribution in [0.5, 0.6) is 0 Å². The van der Waals surface area contributed by atoms with Crippen LogP contribution < -0.4 is 5.32 Å². The summed E-state index contributed by atoms with van der Waals surface area (Å²) in [6.07, 6.45) is 1.75. The third-order valence-electron chi connectivity index (χ3n) is 3.74. The van der Waals surface area contributed by atoms with Crippen LogP contribution in [-0.4, -0.2) is 49.1 Å². The maximum atomic E-state index is 12.0. The molecule has 0 bridgehead atoms. The van der Waals surface area contributed by atoms with Crippen LogP contribution in [0.1, 0.15) is 35.0 Å². The topological polar surface area (TPSA) is 58.6 Å². The molecule has 1 aromatic rings. The molecular formula is C15H22N2O3S. The van der Waals surface area contributed by atoms with Gasteiger partial charge in [0.2, 0.25) is 5.91 Å². The van der Waals surface area contributed by atoms with Crippen LogP contribution in [0, 0.1) is 6.92 Å². The smallest absolute Gasteiger partial charge is 0.261 e. The summed E-state index contributed by atoms with van der Waals surface area (Å²) in [6, 6.07) is 2.17. The number of aryl methyl sites for hydroxylation is 1. The van der Waals surface area contributed by atoms with Crippen molar-refractivity contribution < 1.29 is 14.3 Å². The van der Waals surface area contributed by atoms with E-state index in [1.165, 1.54) is 11.3 Å². The Morgan fingerprint density at radius 2 is 2.14 bits per heavy atom. The molecule has 0 saturated carbocycles. The lowest BCUT2D eigenvalue weighted by atomic mass is 10.1. The fourth-order valence-electron chi connectivity index (χ4n) is 2.57. The van der Waals surface area contributed by atoms with E-state index in [9.17, 15) is 9.59 Å². The molecule has 0 radical (unpaired) electrons. The first-order valence-corrected chi connectivity index (χ1v) is 8.15. The zero-order valence-corrected chi connectivity index (χ0v) is 13.4. The molecule has 1 aliphatic heterocycles. The van der Waals surface area contributed by atoms with Gasteiger partial charge in [-0.05, 0) is 36.8 Å². The number of hydrogen-bond acceptors (Lipinski definition) is 4. The molecule has 1 saturated heterocycles. The van der Waals surface area contributed by atoms with Gasteiger partial charge in [0.15, 0.2) is 0 Å². The van der Waals surface area contributed by atoms with E-state index in [2.05, 4.69) is 5.32 Å². The fraction of sp³-hybridized carbons (Fsp3) is 0.600. The molecule has 6 heteroatoms. The summed E-state index contributed by atoms with van der Waals surface area (Å²) >= 11 is 1.44. The number of carbonyl (C=O) groups is 2. The predicted molar refractivity (Wildman–Crippen MR) is 82.6 cm³/mol. The highest BCUT2D eigenvalue weighted by Gasteiger charge is 2.23. The first-order valence-electron chi connectivity index (χ1n) is 7.27. The molecule has 0 aromatic carbocycles. The molecule has 5 nitrogen and oxygen atoms in total. The van der Waals surface area contributed by atoms with E-state index in [4.69, 9.17) is 4.74 Å². The van der Waals surface area contributed by atoms with E-state index in [1.807, 2.05) is 23.3 Å². The Morgan fingerprint density at radius 1 is 1.43 bits per heavy atom. The van der Waals surface area contributed by atoms with Crippen molar-refractivity contribution in [3.8, 4) is 0 Å². The van der Waals surface area contributed by atoms with Gasteiger partial charge in [-0.25, -0.2) is 0 Å². The normalized spacial score (nSPS) is 15.7. The number of thiophene rings is 1. The largest absolute Gasteiger partial charge is 0.381 e. The quantitative estimate of drug-likeness (QED) is 0.902. The van der Waals surface area contributed by atoms with Gasteiger partial charge in [-0.3, -0.25) is 9.59 Å². The third kappa shape index (κ3) is 4.28. The summed E-state index contributed by atoms with van der Waals surface area (Å²) in [4.78, 5) is 26.4.